The number of esters is 1. The predicted octanol–water partition coefficient (Wildman–Crippen LogP) is 4.43. The lowest BCUT2D eigenvalue weighted by Gasteiger charge is -2.17. The molecule has 0 bridgehead atoms. The number of methoxy groups -OCH3 is 2. The first-order valence-electron chi connectivity index (χ1n) is 10.3. The number of hydrogen-bond acceptors (Lipinski definition) is 7. The van der Waals surface area contributed by atoms with Crippen molar-refractivity contribution in [1.29, 1.82) is 0 Å². The number of rotatable bonds is 9. The van der Waals surface area contributed by atoms with Crippen LogP contribution in [0.4, 0.5) is 0 Å². The summed E-state index contributed by atoms with van der Waals surface area (Å²) >= 11 is 12.0. The first-order valence-corrected chi connectivity index (χ1v) is 11.0. The van der Waals surface area contributed by atoms with Gasteiger partial charge in [0.25, 0.3) is 5.91 Å². The second kappa shape index (κ2) is 11.7. The summed E-state index contributed by atoms with van der Waals surface area (Å²) in [5.41, 5.74) is 1.93. The number of ether oxygens (including phenoxy) is 3. The third-order valence-electron chi connectivity index (χ3n) is 4.84. The van der Waals surface area contributed by atoms with E-state index in [1.807, 2.05) is 12.1 Å². The lowest BCUT2D eigenvalue weighted by atomic mass is 10.1. The molecular formula is C24H23Cl2N3O5. The fraction of sp³-hybridized carbons (Fsp3) is 0.250. The van der Waals surface area contributed by atoms with Crippen LogP contribution < -0.4 is 14.8 Å². The van der Waals surface area contributed by atoms with E-state index in [9.17, 15) is 9.59 Å². The molecule has 0 saturated heterocycles. The van der Waals surface area contributed by atoms with Crippen LogP contribution in [0.15, 0.2) is 48.8 Å². The summed E-state index contributed by atoms with van der Waals surface area (Å²) in [5, 5.41) is 3.58. The van der Waals surface area contributed by atoms with Gasteiger partial charge in [-0.3, -0.25) is 9.59 Å². The van der Waals surface area contributed by atoms with Gasteiger partial charge in [-0.25, -0.2) is 9.97 Å². The molecular weight excluding hydrogens is 481 g/mol. The molecule has 1 atom stereocenters. The number of benzene rings is 2. The Balaban J connectivity index is 1.69. The molecule has 178 valence electrons. The number of nitrogens with zero attached hydrogens (tertiary/aromatic N) is 2. The van der Waals surface area contributed by atoms with E-state index in [4.69, 9.17) is 37.4 Å². The van der Waals surface area contributed by atoms with Crippen molar-refractivity contribution in [2.24, 2.45) is 0 Å². The van der Waals surface area contributed by atoms with Crippen molar-refractivity contribution in [3.8, 4) is 22.9 Å². The number of amides is 1. The van der Waals surface area contributed by atoms with Crippen molar-refractivity contribution in [1.82, 2.24) is 15.3 Å². The first-order chi connectivity index (χ1) is 16.3. The zero-order chi connectivity index (χ0) is 24.7. The van der Waals surface area contributed by atoms with Crippen LogP contribution in [0.1, 0.15) is 24.2 Å². The Morgan fingerprint density at radius 1 is 0.971 bits per heavy atom. The molecule has 1 amide bonds. The number of carbonyl (C=O) groups excluding carboxylic acids is 2. The van der Waals surface area contributed by atoms with Crippen molar-refractivity contribution in [3.05, 3.63) is 70.0 Å². The predicted molar refractivity (Wildman–Crippen MR) is 128 cm³/mol. The number of halogens is 2. The van der Waals surface area contributed by atoms with Gasteiger partial charge in [-0.05, 0) is 42.3 Å². The SMILES string of the molecule is COc1ccc(CCNC(=O)C(OC(C)=O)c2cnc(-c3ccc(Cl)c(Cl)c3)nc2)cc1OC. The van der Waals surface area contributed by atoms with Crippen molar-refractivity contribution in [3.63, 3.8) is 0 Å². The Bertz CT molecular complexity index is 1170. The van der Waals surface area contributed by atoms with Crippen LogP contribution >= 0.6 is 23.2 Å². The van der Waals surface area contributed by atoms with E-state index in [-0.39, 0.29) is 0 Å². The van der Waals surface area contributed by atoms with Gasteiger partial charge in [-0.15, -0.1) is 0 Å². The molecule has 3 aromatic rings. The molecule has 0 aliphatic rings. The second-order valence-corrected chi connectivity index (χ2v) is 8.00. The van der Waals surface area contributed by atoms with Gasteiger partial charge in [0.15, 0.2) is 17.3 Å². The van der Waals surface area contributed by atoms with Crippen LogP contribution in [0.25, 0.3) is 11.4 Å². The van der Waals surface area contributed by atoms with E-state index in [2.05, 4.69) is 15.3 Å². The summed E-state index contributed by atoms with van der Waals surface area (Å²) < 4.78 is 15.8. The van der Waals surface area contributed by atoms with E-state index in [0.717, 1.165) is 5.56 Å². The number of aromatic nitrogens is 2. The van der Waals surface area contributed by atoms with Crippen LogP contribution in [-0.4, -0.2) is 42.6 Å². The third kappa shape index (κ3) is 6.36. The molecule has 2 aromatic carbocycles. The van der Waals surface area contributed by atoms with Crippen molar-refractivity contribution in [2.75, 3.05) is 20.8 Å². The molecule has 1 aromatic heterocycles. The molecule has 0 radical (unpaired) electrons. The summed E-state index contributed by atoms with van der Waals surface area (Å²) in [6, 6.07) is 10.5. The summed E-state index contributed by atoms with van der Waals surface area (Å²) in [6.07, 6.45) is 2.22. The summed E-state index contributed by atoms with van der Waals surface area (Å²) in [7, 11) is 3.12. The zero-order valence-electron chi connectivity index (χ0n) is 18.8. The highest BCUT2D eigenvalue weighted by molar-refractivity contribution is 6.42. The lowest BCUT2D eigenvalue weighted by molar-refractivity contribution is -0.154. The fourth-order valence-corrected chi connectivity index (χ4v) is 3.45. The Morgan fingerprint density at radius 3 is 2.29 bits per heavy atom. The molecule has 1 unspecified atom stereocenters. The second-order valence-electron chi connectivity index (χ2n) is 7.19. The standard InChI is InChI=1S/C24H23Cl2N3O5/c1-14(30)34-22(17-12-28-23(29-13-17)16-5-6-18(25)19(26)11-16)24(31)27-9-8-15-4-7-20(32-2)21(10-15)33-3/h4-7,10-13,22H,8-9H2,1-3H3,(H,27,31). The molecule has 0 spiro atoms. The van der Waals surface area contributed by atoms with Gasteiger partial charge in [-0.1, -0.05) is 29.3 Å². The Hall–Kier alpha value is -3.36. The van der Waals surface area contributed by atoms with E-state index in [0.29, 0.717) is 51.5 Å². The van der Waals surface area contributed by atoms with Gasteiger partial charge in [0.2, 0.25) is 6.10 Å². The Kier molecular flexibility index (Phi) is 8.67. The van der Waals surface area contributed by atoms with E-state index in [1.54, 1.807) is 38.5 Å². The minimum Gasteiger partial charge on any atom is -0.493 e. The quantitative estimate of drug-likeness (QED) is 0.431. The summed E-state index contributed by atoms with van der Waals surface area (Å²) in [4.78, 5) is 33.0. The molecule has 0 saturated carbocycles. The van der Waals surface area contributed by atoms with E-state index in [1.165, 1.54) is 19.3 Å². The van der Waals surface area contributed by atoms with E-state index >= 15 is 0 Å². The maximum absolute atomic E-state index is 12.8. The maximum atomic E-state index is 12.8. The van der Waals surface area contributed by atoms with Gasteiger partial charge in [0.1, 0.15) is 0 Å². The summed E-state index contributed by atoms with van der Waals surface area (Å²) in [5.74, 6) is 0.519. The van der Waals surface area contributed by atoms with Crippen LogP contribution in [-0.2, 0) is 20.7 Å². The maximum Gasteiger partial charge on any atom is 0.303 e. The van der Waals surface area contributed by atoms with Crippen LogP contribution in [0.5, 0.6) is 11.5 Å². The summed E-state index contributed by atoms with van der Waals surface area (Å²) in [6.45, 7) is 1.54. The topological polar surface area (TPSA) is 99.6 Å². The molecule has 3 rings (SSSR count). The largest absolute Gasteiger partial charge is 0.493 e. The highest BCUT2D eigenvalue weighted by Gasteiger charge is 2.24. The van der Waals surface area contributed by atoms with Crippen LogP contribution in [0.2, 0.25) is 10.0 Å². The molecule has 0 aliphatic heterocycles. The van der Waals surface area contributed by atoms with Gasteiger partial charge in [0, 0.05) is 37.0 Å². The minimum atomic E-state index is -1.19. The molecule has 0 fully saturated rings. The number of hydrogen-bond donors (Lipinski definition) is 1. The molecule has 0 aliphatic carbocycles. The van der Waals surface area contributed by atoms with E-state index < -0.39 is 18.0 Å². The number of nitrogens with one attached hydrogen (secondary N) is 1. The van der Waals surface area contributed by atoms with Crippen LogP contribution in [0.3, 0.4) is 0 Å². The molecule has 1 heterocycles. The van der Waals surface area contributed by atoms with Crippen molar-refractivity contribution < 1.29 is 23.8 Å². The van der Waals surface area contributed by atoms with Gasteiger partial charge in [-0.2, -0.15) is 0 Å². The van der Waals surface area contributed by atoms with Gasteiger partial charge in [0.05, 0.1) is 24.3 Å². The number of carbonyl (C=O) groups is 2. The van der Waals surface area contributed by atoms with Gasteiger partial charge < -0.3 is 19.5 Å². The third-order valence-corrected chi connectivity index (χ3v) is 5.57. The average Bonchev–Trinajstić information content (AvgIpc) is 2.84. The smallest absolute Gasteiger partial charge is 0.303 e. The Morgan fingerprint density at radius 2 is 1.68 bits per heavy atom. The lowest BCUT2D eigenvalue weighted by Crippen LogP contribution is -2.33. The normalized spacial score (nSPS) is 11.4. The fourth-order valence-electron chi connectivity index (χ4n) is 3.16. The van der Waals surface area contributed by atoms with Crippen molar-refractivity contribution >= 4 is 35.1 Å². The average molecular weight is 504 g/mol. The molecule has 1 N–H and O–H groups in total. The van der Waals surface area contributed by atoms with Crippen molar-refractivity contribution in [2.45, 2.75) is 19.4 Å². The highest BCUT2D eigenvalue weighted by Crippen LogP contribution is 2.28. The monoisotopic (exact) mass is 503 g/mol. The Labute approximate surface area is 207 Å². The van der Waals surface area contributed by atoms with Crippen LogP contribution in [0, 0.1) is 0 Å². The molecule has 8 nitrogen and oxygen atoms in total. The first kappa shape index (κ1) is 25.3. The highest BCUT2D eigenvalue weighted by atomic mass is 35.5. The molecule has 10 heteroatoms. The zero-order valence-corrected chi connectivity index (χ0v) is 20.3. The van der Waals surface area contributed by atoms with Gasteiger partial charge >= 0.3 is 5.97 Å². The minimum absolute atomic E-state index is 0.314. The molecule has 34 heavy (non-hydrogen) atoms.